The van der Waals surface area contributed by atoms with Crippen LogP contribution >= 0.6 is 0 Å². The Morgan fingerprint density at radius 2 is 1.24 bits per heavy atom. The number of fused-ring (bicyclic) bond motifs is 12. The highest BCUT2D eigenvalue weighted by Crippen LogP contribution is 2.63. The Hall–Kier alpha value is -6.09. The number of nitrogens with zero attached hydrogens (tertiary/aromatic N) is 2. The third kappa shape index (κ3) is 15.1. The number of aliphatic hydroxyl groups is 6. The number of carbonyl (C=O) groups excluding carboxylic acids is 2. The van der Waals surface area contributed by atoms with E-state index in [1.807, 2.05) is 85.0 Å². The molecule has 4 aromatic rings. The Bertz CT molecular complexity index is 4050. The van der Waals surface area contributed by atoms with Gasteiger partial charge in [0.25, 0.3) is 0 Å². The summed E-state index contributed by atoms with van der Waals surface area (Å²) in [7, 11) is -4.37. The zero-order valence-electron chi connectivity index (χ0n) is 59.0. The van der Waals surface area contributed by atoms with Gasteiger partial charge in [0.1, 0.15) is 36.4 Å². The van der Waals surface area contributed by atoms with E-state index in [1.165, 1.54) is 22.3 Å². The van der Waals surface area contributed by atoms with Crippen molar-refractivity contribution in [3.63, 3.8) is 0 Å². The van der Waals surface area contributed by atoms with E-state index in [1.54, 1.807) is 6.07 Å². The van der Waals surface area contributed by atoms with Crippen molar-refractivity contribution in [3.05, 3.63) is 166 Å². The molecule has 3 aliphatic heterocycles. The van der Waals surface area contributed by atoms with Crippen LogP contribution in [-0.2, 0) is 49.6 Å². The van der Waals surface area contributed by atoms with Crippen LogP contribution in [0.5, 0.6) is 11.5 Å². The number of anilines is 1. The lowest BCUT2D eigenvalue weighted by Crippen LogP contribution is -2.77. The Morgan fingerprint density at radius 3 is 1.80 bits per heavy atom. The molecule has 4 aromatic carbocycles. The van der Waals surface area contributed by atoms with Gasteiger partial charge in [0.05, 0.1) is 45.5 Å². The highest BCUT2D eigenvalue weighted by Gasteiger charge is 2.56. The van der Waals surface area contributed by atoms with Gasteiger partial charge < -0.3 is 70.1 Å². The number of unbranched alkanes of at least 4 members (excludes halogenated alkanes) is 2. The lowest BCUT2D eigenvalue weighted by atomic mass is 9.55. The fourth-order valence-electron chi connectivity index (χ4n) is 19.3. The molecule has 101 heavy (non-hydrogen) atoms. The molecule has 20 nitrogen and oxygen atoms in total. The number of carbonyl (C=O) groups is 2. The maximum absolute atomic E-state index is 14.0. The van der Waals surface area contributed by atoms with Gasteiger partial charge in [-0.15, -0.1) is 0 Å². The number of esters is 2. The number of hydrogen-bond acceptors (Lipinski definition) is 18. The first-order valence-corrected chi connectivity index (χ1v) is 39.0. The van der Waals surface area contributed by atoms with Crippen LogP contribution in [0, 0.1) is 34.5 Å². The van der Waals surface area contributed by atoms with Crippen LogP contribution < -0.4 is 20.1 Å². The minimum absolute atomic E-state index is 0. The minimum atomic E-state index is -4.37. The summed E-state index contributed by atoms with van der Waals surface area (Å²) in [6, 6.07) is 22.8. The van der Waals surface area contributed by atoms with Gasteiger partial charge in [0.2, 0.25) is 12.0 Å². The Kier molecular flexibility index (Phi) is 23.0. The average molecular weight is 1430 g/mol. The van der Waals surface area contributed by atoms with Crippen LogP contribution in [0.15, 0.2) is 121 Å². The van der Waals surface area contributed by atoms with Gasteiger partial charge >= 0.3 is 11.9 Å². The largest absolute Gasteiger partial charge is 0.870 e. The number of hydrogen-bond donors (Lipinski definition) is 7. The molecule has 548 valence electrons. The predicted molar refractivity (Wildman–Crippen MR) is 381 cm³/mol. The number of allylic oxidation sites excluding steroid dienone is 8. The number of quaternary nitrogens is 1. The van der Waals surface area contributed by atoms with E-state index < -0.39 is 87.0 Å². The third-order valence-corrected chi connectivity index (χ3v) is 26.3. The molecule has 16 atom stereocenters. The highest BCUT2D eigenvalue weighted by atomic mass is 32.2. The predicted octanol–water partition coefficient (Wildman–Crippen LogP) is 9.12. The van der Waals surface area contributed by atoms with E-state index in [0.717, 1.165) is 111 Å². The number of aliphatic hydroxyl groups excluding tert-OH is 6. The molecule has 22 heteroatoms. The molecule has 9 aliphatic rings. The van der Waals surface area contributed by atoms with Crippen molar-refractivity contribution in [1.29, 1.82) is 0 Å². The lowest BCUT2D eigenvalue weighted by Gasteiger charge is -2.50. The standard InChI is InChI=1S/C73H88N2O11S2.C6H13NO5.H2O/c1-70(2)60-44-48(68(78)85-50-22-26-52-46(42-50)18-24-56-54(52)34-36-72(5)58(56)28-32-66(72)76)20-30-62(60)74(38-12-14-40-87(80)81)64(70)16-10-8-7-9-11-17-65-71(3,4)61-45-49(21-31-63(61)75(65)39-13-15-41-88(82,83)84)69(79)86-51-23-27-53-47(43-51)19-25-57-55(53)35-37-73(6)59(57)29-33-67(73)77;7-3-5(10)4(9)2(1-8)12-6(3)11;/h7-11,16-17,20-23,26-27,30-31,42-45,54-59,66-67,76-77H,12-15,18-19,24-25,28-29,32-41H2,1-6H3,(H-,80,81,82,83,84);2-6,8-11H,1,7H2;1H2/p-1/t54?,55?,56?,57?,58?,59?,66-,67-,72-,73-;2?,3?,4-,5+,6?;/m01./s1. The second-order valence-corrected chi connectivity index (χ2v) is 33.8. The van der Waals surface area contributed by atoms with Crippen LogP contribution in [0.3, 0.4) is 0 Å². The van der Waals surface area contributed by atoms with Crippen molar-refractivity contribution in [2.75, 3.05) is 36.1 Å². The molecule has 5 fully saturated rings. The molecular weight excluding hydrogens is 1330 g/mol. The van der Waals surface area contributed by atoms with E-state index in [0.29, 0.717) is 90.5 Å². The summed E-state index contributed by atoms with van der Waals surface area (Å²) in [5.74, 6) is 2.95. The quantitative estimate of drug-likeness (QED) is 0.00874. The molecule has 10 unspecified atom stereocenters. The van der Waals surface area contributed by atoms with Crippen LogP contribution in [0.25, 0.3) is 0 Å². The maximum atomic E-state index is 14.0. The molecule has 10 N–H and O–H groups in total. The molecular formula is C79H102N3O17S2-. The number of ether oxygens (including phenoxy) is 3. The zero-order valence-corrected chi connectivity index (χ0v) is 60.6. The van der Waals surface area contributed by atoms with E-state index >= 15 is 0 Å². The van der Waals surface area contributed by atoms with Crippen molar-refractivity contribution in [2.45, 2.75) is 210 Å². The maximum Gasteiger partial charge on any atom is 0.343 e. The van der Waals surface area contributed by atoms with Crippen LogP contribution in [-0.4, -0.2) is 154 Å². The van der Waals surface area contributed by atoms with Gasteiger partial charge in [-0.3, -0.25) is 4.21 Å². The molecule has 0 bridgehead atoms. The molecule has 4 saturated carbocycles. The SMILES string of the molecule is CC1(C)C(/C=C/C=C/C=C/C=C2\N(CCCCS(=O)(=O)[O-])c3ccc(C(=O)Oc4ccc5c(c4)CCC4C5CC[C@@]5(C)C4CC[C@@H]5O)cc3C2(C)C)=[N+](CCCCS(=O)[O-])c2ccc(C(=O)Oc3ccc4c(c3)CCC3C4CC[C@@]4(C)C3CC[C@@H]4O)cc21.[NH3+]C1C(O)OC(CO)[C@@H](O)[C@H]1O.[OH-]. The fraction of sp³-hybridized carbons (Fsp3) is 0.557. The summed E-state index contributed by atoms with van der Waals surface area (Å²) in [6.45, 7) is 13.7. The highest BCUT2D eigenvalue weighted by molar-refractivity contribution is 7.85. The summed E-state index contributed by atoms with van der Waals surface area (Å²) < 4.78 is 77.0. The third-order valence-electron chi connectivity index (χ3n) is 24.9. The summed E-state index contributed by atoms with van der Waals surface area (Å²) >= 11 is -2.14. The van der Waals surface area contributed by atoms with Gasteiger partial charge in [0, 0.05) is 59.0 Å². The fourth-order valence-corrected chi connectivity index (χ4v) is 20.3. The first-order valence-electron chi connectivity index (χ1n) is 36.2. The molecule has 0 radical (unpaired) electrons. The topological polar surface area (TPSA) is 344 Å². The number of benzene rings is 4. The Balaban J connectivity index is 0.000000717. The Labute approximate surface area is 596 Å². The summed E-state index contributed by atoms with van der Waals surface area (Å²) in [5.41, 5.74) is 14.1. The molecule has 0 amide bonds. The van der Waals surface area contributed by atoms with Gasteiger partial charge in [-0.1, -0.05) is 81.3 Å². The van der Waals surface area contributed by atoms with Gasteiger partial charge in [-0.2, -0.15) is 4.58 Å². The van der Waals surface area contributed by atoms with E-state index in [2.05, 4.69) is 81.0 Å². The molecule has 6 aliphatic carbocycles. The van der Waals surface area contributed by atoms with Crippen LogP contribution in [0.4, 0.5) is 11.4 Å². The van der Waals surface area contributed by atoms with E-state index in [9.17, 15) is 51.7 Å². The smallest absolute Gasteiger partial charge is 0.343 e. The summed E-state index contributed by atoms with van der Waals surface area (Å²) in [6.07, 6.45) is 22.9. The van der Waals surface area contributed by atoms with E-state index in [-0.39, 0.29) is 40.7 Å². The molecule has 13 rings (SSSR count). The lowest BCUT2D eigenvalue weighted by molar-refractivity contribution is -0.497. The van der Waals surface area contributed by atoms with Crippen molar-refractivity contribution < 1.29 is 92.0 Å². The molecule has 0 spiro atoms. The number of aryl methyl sites for hydroxylation is 2. The van der Waals surface area contributed by atoms with Crippen molar-refractivity contribution in [3.8, 4) is 11.5 Å². The molecule has 1 saturated heterocycles. The number of rotatable bonds is 19. The first kappa shape index (κ1) is 76.1. The van der Waals surface area contributed by atoms with Crippen LogP contribution in [0.1, 0.15) is 197 Å². The first-order chi connectivity index (χ1) is 47.5. The Morgan fingerprint density at radius 1 is 0.683 bits per heavy atom. The van der Waals surface area contributed by atoms with Crippen molar-refractivity contribution in [2.24, 2.45) is 34.5 Å². The minimum Gasteiger partial charge on any atom is -0.870 e. The summed E-state index contributed by atoms with van der Waals surface area (Å²) in [5, 5.41) is 58.0. The van der Waals surface area contributed by atoms with Gasteiger partial charge in [0.15, 0.2) is 11.8 Å². The normalized spacial score (nSPS) is 31.8. The van der Waals surface area contributed by atoms with Gasteiger partial charge in [-0.05, 0) is 245 Å². The van der Waals surface area contributed by atoms with Crippen molar-refractivity contribution >= 4 is 50.2 Å². The molecule has 0 aromatic heterocycles. The summed E-state index contributed by atoms with van der Waals surface area (Å²) in [4.78, 5) is 30.2. The van der Waals surface area contributed by atoms with Gasteiger partial charge in [-0.25, -0.2) is 18.0 Å². The van der Waals surface area contributed by atoms with Crippen molar-refractivity contribution in [1.82, 2.24) is 0 Å². The second-order valence-electron chi connectivity index (χ2n) is 31.3. The molecule has 3 heterocycles. The van der Waals surface area contributed by atoms with Crippen LogP contribution in [0.2, 0.25) is 0 Å². The zero-order chi connectivity index (χ0) is 71.4. The second kappa shape index (κ2) is 30.5. The van der Waals surface area contributed by atoms with E-state index in [4.69, 9.17) is 24.4 Å². The average Bonchev–Trinajstić information content (AvgIpc) is 1.73. The monoisotopic (exact) mass is 1430 g/mol.